The van der Waals surface area contributed by atoms with E-state index >= 15 is 0 Å². The van der Waals surface area contributed by atoms with Gasteiger partial charge >= 0.3 is 12.1 Å². The molecule has 0 aliphatic rings. The molecule has 0 unspecified atom stereocenters. The molecule has 0 aliphatic carbocycles. The van der Waals surface area contributed by atoms with Crippen molar-refractivity contribution in [3.8, 4) is 11.1 Å². The van der Waals surface area contributed by atoms with Gasteiger partial charge in [0.25, 0.3) is 0 Å². The Labute approximate surface area is 170 Å². The number of nitrogens with two attached hydrogens (primary N) is 1. The maximum atomic E-state index is 14.9. The molecule has 29 heavy (non-hydrogen) atoms. The first kappa shape index (κ1) is 23.1. The van der Waals surface area contributed by atoms with Crippen LogP contribution in [0.15, 0.2) is 24.3 Å². The fourth-order valence-electron chi connectivity index (χ4n) is 3.23. The second-order valence-electron chi connectivity index (χ2n) is 7.04. The van der Waals surface area contributed by atoms with E-state index < -0.39 is 40.7 Å². The van der Waals surface area contributed by atoms with Crippen LogP contribution in [0.5, 0.6) is 0 Å². The summed E-state index contributed by atoms with van der Waals surface area (Å²) in [5.41, 5.74) is 7.26. The minimum absolute atomic E-state index is 0.0686. The fraction of sp³-hybridized carbons (Fsp3) is 0.381. The highest BCUT2D eigenvalue weighted by molar-refractivity contribution is 6.17. The van der Waals surface area contributed by atoms with Gasteiger partial charge in [-0.05, 0) is 67.6 Å². The number of aryl methyl sites for hydroxylation is 2. The van der Waals surface area contributed by atoms with E-state index in [9.17, 15) is 22.4 Å². The van der Waals surface area contributed by atoms with Crippen LogP contribution in [0.2, 0.25) is 0 Å². The average Bonchev–Trinajstić information content (AvgIpc) is 2.58. The van der Waals surface area contributed by atoms with E-state index in [1.807, 2.05) is 13.0 Å². The number of benzene rings is 2. The quantitative estimate of drug-likeness (QED) is 0.431. The maximum Gasteiger partial charge on any atom is 0.419 e. The summed E-state index contributed by atoms with van der Waals surface area (Å²) in [5, 5.41) is -1.88. The van der Waals surface area contributed by atoms with E-state index in [0.29, 0.717) is 5.56 Å². The Balaban J connectivity index is 2.78. The van der Waals surface area contributed by atoms with E-state index in [2.05, 4.69) is 10.2 Å². The summed E-state index contributed by atoms with van der Waals surface area (Å²) in [6, 6.07) is 5.68. The Kier molecular flexibility index (Phi) is 6.59. The van der Waals surface area contributed by atoms with Crippen LogP contribution in [0.1, 0.15) is 41.2 Å². The van der Waals surface area contributed by atoms with Crippen molar-refractivity contribution in [3.05, 3.63) is 57.9 Å². The normalized spacial score (nSPS) is 13.9. The van der Waals surface area contributed by atoms with Gasteiger partial charge in [0.05, 0.1) is 28.8 Å². The van der Waals surface area contributed by atoms with Gasteiger partial charge in [-0.25, -0.2) is 4.39 Å². The van der Waals surface area contributed by atoms with Gasteiger partial charge in [0.15, 0.2) is 0 Å². The molecule has 155 valence electrons. The second kappa shape index (κ2) is 8.28. The van der Waals surface area contributed by atoms with E-state index in [1.165, 1.54) is 6.07 Å². The number of hydrogen-bond acceptors (Lipinski definition) is 3. The number of hydrogen-bond donors (Lipinski definition) is 1. The van der Waals surface area contributed by atoms with Crippen molar-refractivity contribution in [1.82, 2.24) is 0 Å². The minimum atomic E-state index is -4.94. The third kappa shape index (κ3) is 4.87. The van der Waals surface area contributed by atoms with Crippen molar-refractivity contribution in [2.45, 2.75) is 45.5 Å². The molecule has 3 radical (unpaired) electrons. The van der Waals surface area contributed by atoms with Gasteiger partial charge in [-0.1, -0.05) is 12.1 Å². The van der Waals surface area contributed by atoms with Gasteiger partial charge < -0.3 is 10.5 Å². The highest BCUT2D eigenvalue weighted by atomic mass is 28.1. The van der Waals surface area contributed by atoms with Crippen LogP contribution in [0.4, 0.5) is 17.6 Å². The third-order valence-electron chi connectivity index (χ3n) is 4.82. The van der Waals surface area contributed by atoms with Crippen LogP contribution in [-0.2, 0) is 20.9 Å². The molecule has 0 amide bonds. The molecule has 2 N–H and O–H groups in total. The molecule has 0 saturated heterocycles. The summed E-state index contributed by atoms with van der Waals surface area (Å²) < 4.78 is 60.5. The standard InChI is InChI=1S/C21H22F4NO2Si/c1-5-28-17(27)10-20(26,29)15-8-14(9-16(19(15)22)21(23,24)25)18-12(3)7-6-11(2)13(18)4/h6-9H,5,10,26H2,1-4H3/t20-/m0/s1. The van der Waals surface area contributed by atoms with Gasteiger partial charge in [0, 0.05) is 10.7 Å². The Morgan fingerprint density at radius 3 is 2.21 bits per heavy atom. The largest absolute Gasteiger partial charge is 0.466 e. The summed E-state index contributed by atoms with van der Waals surface area (Å²) in [6.45, 7) is 7.04. The Morgan fingerprint density at radius 2 is 1.66 bits per heavy atom. The zero-order valence-electron chi connectivity index (χ0n) is 16.6. The highest BCUT2D eigenvalue weighted by Crippen LogP contribution is 2.40. The van der Waals surface area contributed by atoms with Crippen molar-refractivity contribution in [2.75, 3.05) is 6.61 Å². The predicted octanol–water partition coefficient (Wildman–Crippen LogP) is 4.67. The summed E-state index contributed by atoms with van der Waals surface area (Å²) in [5.74, 6) is -2.28. The molecule has 0 bridgehead atoms. The van der Waals surface area contributed by atoms with Crippen molar-refractivity contribution in [2.24, 2.45) is 5.73 Å². The molecule has 0 spiro atoms. The SMILES string of the molecule is CCOC(=O)C[C@](N)([Si])c1cc(-c2c(C)ccc(C)c2C)cc(C(F)(F)F)c1F. The monoisotopic (exact) mass is 424 g/mol. The average molecular weight is 424 g/mol. The van der Waals surface area contributed by atoms with Crippen LogP contribution >= 0.6 is 0 Å². The third-order valence-corrected chi connectivity index (χ3v) is 5.27. The lowest BCUT2D eigenvalue weighted by Crippen LogP contribution is -2.41. The Hall–Kier alpha value is -2.19. The first-order chi connectivity index (χ1) is 13.3. The lowest BCUT2D eigenvalue weighted by atomic mass is 9.88. The number of carbonyl (C=O) groups excluding carboxylic acids is 1. The second-order valence-corrected chi connectivity index (χ2v) is 7.93. The van der Waals surface area contributed by atoms with E-state index in [0.717, 1.165) is 22.8 Å². The summed E-state index contributed by atoms with van der Waals surface area (Å²) in [7, 11) is 3.10. The minimum Gasteiger partial charge on any atom is -0.466 e. The van der Waals surface area contributed by atoms with Crippen molar-refractivity contribution >= 4 is 16.2 Å². The maximum absolute atomic E-state index is 14.9. The van der Waals surface area contributed by atoms with Gasteiger partial charge in [0.2, 0.25) is 0 Å². The summed E-state index contributed by atoms with van der Waals surface area (Å²) >= 11 is 0. The Bertz CT molecular complexity index is 939. The first-order valence-corrected chi connectivity index (χ1v) is 9.47. The molecule has 0 saturated carbocycles. The molecular weight excluding hydrogens is 402 g/mol. The molecule has 8 heteroatoms. The lowest BCUT2D eigenvalue weighted by molar-refractivity contribution is -0.143. The fourth-order valence-corrected chi connectivity index (χ4v) is 3.56. The molecule has 0 heterocycles. The molecule has 2 rings (SSSR count). The molecule has 2 aromatic rings. The molecule has 2 aromatic carbocycles. The number of alkyl halides is 3. The molecule has 0 fully saturated rings. The topological polar surface area (TPSA) is 52.3 Å². The predicted molar refractivity (Wildman–Crippen MR) is 104 cm³/mol. The number of halogens is 4. The number of carbonyl (C=O) groups is 1. The lowest BCUT2D eigenvalue weighted by Gasteiger charge is -2.27. The summed E-state index contributed by atoms with van der Waals surface area (Å²) in [4.78, 5) is 11.9. The first-order valence-electron chi connectivity index (χ1n) is 8.97. The van der Waals surface area contributed by atoms with Crippen molar-refractivity contribution in [1.29, 1.82) is 0 Å². The van der Waals surface area contributed by atoms with E-state index in [-0.39, 0.29) is 12.2 Å². The van der Waals surface area contributed by atoms with Crippen molar-refractivity contribution < 1.29 is 27.1 Å². The molecule has 0 aliphatic heterocycles. The van der Waals surface area contributed by atoms with Gasteiger partial charge in [-0.15, -0.1) is 0 Å². The zero-order valence-corrected chi connectivity index (χ0v) is 17.6. The van der Waals surface area contributed by atoms with Crippen LogP contribution < -0.4 is 5.73 Å². The smallest absolute Gasteiger partial charge is 0.419 e. The molecular formula is C21H22F4NO2Si. The van der Waals surface area contributed by atoms with Crippen LogP contribution in [0.3, 0.4) is 0 Å². The van der Waals surface area contributed by atoms with Crippen LogP contribution in [0, 0.1) is 26.6 Å². The zero-order chi connectivity index (χ0) is 22.1. The van der Waals surface area contributed by atoms with Crippen molar-refractivity contribution in [3.63, 3.8) is 0 Å². The van der Waals surface area contributed by atoms with Gasteiger partial charge in [-0.3, -0.25) is 4.79 Å². The molecule has 1 atom stereocenters. The van der Waals surface area contributed by atoms with Crippen LogP contribution in [-0.4, -0.2) is 22.8 Å². The summed E-state index contributed by atoms with van der Waals surface area (Å²) in [6.07, 6.45) is -5.48. The number of esters is 1. The number of rotatable bonds is 5. The highest BCUT2D eigenvalue weighted by Gasteiger charge is 2.39. The van der Waals surface area contributed by atoms with E-state index in [1.54, 1.807) is 26.8 Å². The molecule has 3 nitrogen and oxygen atoms in total. The molecule has 0 aromatic heterocycles. The van der Waals surface area contributed by atoms with E-state index in [4.69, 9.17) is 10.5 Å². The van der Waals surface area contributed by atoms with Crippen LogP contribution in [0.25, 0.3) is 11.1 Å². The number of ether oxygens (including phenoxy) is 1. The van der Waals surface area contributed by atoms with Gasteiger partial charge in [0.1, 0.15) is 5.82 Å². The Morgan fingerprint density at radius 1 is 1.10 bits per heavy atom. The van der Waals surface area contributed by atoms with Gasteiger partial charge in [-0.2, -0.15) is 13.2 Å².